The zero-order valence-corrected chi connectivity index (χ0v) is 13.4. The first kappa shape index (κ1) is 16.0. The number of benzene rings is 1. The molecular weight excluding hydrogens is 383 g/mol. The lowest BCUT2D eigenvalue weighted by Gasteiger charge is -2.20. The summed E-state index contributed by atoms with van der Waals surface area (Å²) in [6.07, 6.45) is 0. The van der Waals surface area contributed by atoms with E-state index in [1.54, 1.807) is 19.1 Å². The zero-order valence-electron chi connectivity index (χ0n) is 10.5. The van der Waals surface area contributed by atoms with Gasteiger partial charge in [0.2, 0.25) is 0 Å². The number of aliphatic carboxylic acids is 1. The van der Waals surface area contributed by atoms with Crippen molar-refractivity contribution in [3.63, 3.8) is 0 Å². The van der Waals surface area contributed by atoms with Gasteiger partial charge in [0.1, 0.15) is 0 Å². The fourth-order valence-electron chi connectivity index (χ4n) is 1.37. The quantitative estimate of drug-likeness (QED) is 0.768. The second-order valence-electron chi connectivity index (χ2n) is 4.17. The van der Waals surface area contributed by atoms with E-state index in [4.69, 9.17) is 16.7 Å². The molecule has 0 heterocycles. The van der Waals surface area contributed by atoms with Crippen molar-refractivity contribution in [3.8, 4) is 0 Å². The standard InChI is InChI=1S/C12H14ClIN2O3/c1-7(11(17)18)6-16(2)12(19)15-10-4-3-8(14)5-9(10)13/h3-5,7H,6H2,1-2H3,(H,15,19)(H,17,18). The Balaban J connectivity index is 2.66. The number of rotatable bonds is 4. The summed E-state index contributed by atoms with van der Waals surface area (Å²) in [5, 5.41) is 11.9. The summed E-state index contributed by atoms with van der Waals surface area (Å²) in [6.45, 7) is 1.67. The third-order valence-corrected chi connectivity index (χ3v) is 3.47. The number of halogens is 2. The molecule has 1 aromatic rings. The average Bonchev–Trinajstić information content (AvgIpc) is 2.32. The molecule has 0 aromatic heterocycles. The Morgan fingerprint density at radius 3 is 2.68 bits per heavy atom. The number of nitrogens with one attached hydrogen (secondary N) is 1. The first-order valence-corrected chi connectivity index (χ1v) is 6.97. The highest BCUT2D eigenvalue weighted by Crippen LogP contribution is 2.24. The Bertz CT molecular complexity index is 496. The van der Waals surface area contributed by atoms with Gasteiger partial charge in [-0.1, -0.05) is 18.5 Å². The van der Waals surface area contributed by atoms with Gasteiger partial charge in [-0.05, 0) is 40.8 Å². The number of carboxylic acids is 1. The van der Waals surface area contributed by atoms with Crippen LogP contribution in [0.3, 0.4) is 0 Å². The fourth-order valence-corrected chi connectivity index (χ4v) is 2.28. The van der Waals surface area contributed by atoms with Gasteiger partial charge in [0, 0.05) is 17.2 Å². The lowest BCUT2D eigenvalue weighted by molar-refractivity contribution is -0.141. The van der Waals surface area contributed by atoms with Gasteiger partial charge in [-0.3, -0.25) is 4.79 Å². The molecule has 0 fully saturated rings. The molecule has 0 radical (unpaired) electrons. The van der Waals surface area contributed by atoms with Gasteiger partial charge in [0.15, 0.2) is 0 Å². The van der Waals surface area contributed by atoms with Crippen LogP contribution in [0.4, 0.5) is 10.5 Å². The molecule has 1 atom stereocenters. The average molecular weight is 397 g/mol. The summed E-state index contributed by atoms with van der Waals surface area (Å²) < 4.78 is 0.966. The summed E-state index contributed by atoms with van der Waals surface area (Å²) in [5.41, 5.74) is 0.502. The summed E-state index contributed by atoms with van der Waals surface area (Å²) in [7, 11) is 1.54. The van der Waals surface area contributed by atoms with Crippen molar-refractivity contribution in [2.45, 2.75) is 6.92 Å². The van der Waals surface area contributed by atoms with Crippen LogP contribution >= 0.6 is 34.2 Å². The molecule has 19 heavy (non-hydrogen) atoms. The van der Waals surface area contributed by atoms with Crippen LogP contribution in [-0.2, 0) is 4.79 Å². The first-order chi connectivity index (χ1) is 8.81. The van der Waals surface area contributed by atoms with E-state index in [-0.39, 0.29) is 6.54 Å². The van der Waals surface area contributed by atoms with Crippen molar-refractivity contribution in [2.24, 2.45) is 5.92 Å². The number of carbonyl (C=O) groups excluding carboxylic acids is 1. The van der Waals surface area contributed by atoms with Crippen LogP contribution in [0.2, 0.25) is 5.02 Å². The highest BCUT2D eigenvalue weighted by Gasteiger charge is 2.17. The summed E-state index contributed by atoms with van der Waals surface area (Å²) in [5.74, 6) is -1.56. The Kier molecular flexibility index (Phi) is 5.86. The minimum atomic E-state index is -0.938. The van der Waals surface area contributed by atoms with Crippen molar-refractivity contribution >= 4 is 51.9 Å². The van der Waals surface area contributed by atoms with E-state index in [1.165, 1.54) is 11.9 Å². The molecule has 1 rings (SSSR count). The van der Waals surface area contributed by atoms with Gasteiger partial charge in [-0.2, -0.15) is 0 Å². The maximum Gasteiger partial charge on any atom is 0.321 e. The molecule has 0 aliphatic carbocycles. The Labute approximate surface area is 130 Å². The maximum atomic E-state index is 11.9. The molecule has 0 aliphatic rings. The first-order valence-electron chi connectivity index (χ1n) is 5.51. The highest BCUT2D eigenvalue weighted by molar-refractivity contribution is 14.1. The predicted molar refractivity (Wildman–Crippen MR) is 82.6 cm³/mol. The zero-order chi connectivity index (χ0) is 14.6. The second-order valence-corrected chi connectivity index (χ2v) is 5.83. The molecule has 7 heteroatoms. The molecule has 0 saturated carbocycles. The Morgan fingerprint density at radius 2 is 2.16 bits per heavy atom. The van der Waals surface area contributed by atoms with Crippen LogP contribution in [-0.4, -0.2) is 35.6 Å². The number of carbonyl (C=O) groups is 2. The van der Waals surface area contributed by atoms with E-state index in [0.29, 0.717) is 10.7 Å². The van der Waals surface area contributed by atoms with Crippen LogP contribution < -0.4 is 5.32 Å². The molecule has 5 nitrogen and oxygen atoms in total. The van der Waals surface area contributed by atoms with Gasteiger partial charge >= 0.3 is 12.0 Å². The number of anilines is 1. The van der Waals surface area contributed by atoms with Crippen molar-refractivity contribution in [2.75, 3.05) is 18.9 Å². The predicted octanol–water partition coefficient (Wildman–Crippen LogP) is 3.13. The third-order valence-electron chi connectivity index (χ3n) is 2.49. The minimum Gasteiger partial charge on any atom is -0.481 e. The molecule has 2 N–H and O–H groups in total. The molecule has 0 bridgehead atoms. The smallest absolute Gasteiger partial charge is 0.321 e. The van der Waals surface area contributed by atoms with Gasteiger partial charge in [-0.25, -0.2) is 4.79 Å². The SMILES string of the molecule is CC(CN(C)C(=O)Nc1ccc(I)cc1Cl)C(=O)O. The number of urea groups is 1. The lowest BCUT2D eigenvalue weighted by Crippen LogP contribution is -2.36. The summed E-state index contributed by atoms with van der Waals surface area (Å²) in [4.78, 5) is 23.9. The molecule has 0 saturated heterocycles. The van der Waals surface area contributed by atoms with Crippen molar-refractivity contribution in [1.82, 2.24) is 4.90 Å². The highest BCUT2D eigenvalue weighted by atomic mass is 127. The third kappa shape index (κ3) is 4.87. The molecule has 0 spiro atoms. The van der Waals surface area contributed by atoms with Crippen molar-refractivity contribution in [1.29, 1.82) is 0 Å². The van der Waals surface area contributed by atoms with E-state index >= 15 is 0 Å². The van der Waals surface area contributed by atoms with Crippen LogP contribution in [0.1, 0.15) is 6.92 Å². The van der Waals surface area contributed by atoms with E-state index in [9.17, 15) is 9.59 Å². The number of hydrogen-bond acceptors (Lipinski definition) is 2. The molecule has 1 aromatic carbocycles. The van der Waals surface area contributed by atoms with Crippen molar-refractivity contribution < 1.29 is 14.7 Å². The molecule has 104 valence electrons. The maximum absolute atomic E-state index is 11.9. The summed E-state index contributed by atoms with van der Waals surface area (Å²) in [6, 6.07) is 4.87. The Hall–Kier alpha value is -1.02. The monoisotopic (exact) mass is 396 g/mol. The number of hydrogen-bond donors (Lipinski definition) is 2. The van der Waals surface area contributed by atoms with Crippen molar-refractivity contribution in [3.05, 3.63) is 26.8 Å². The van der Waals surface area contributed by atoms with Crippen LogP contribution in [0, 0.1) is 9.49 Å². The van der Waals surface area contributed by atoms with E-state index in [0.717, 1.165) is 3.57 Å². The van der Waals surface area contributed by atoms with E-state index in [1.807, 2.05) is 6.07 Å². The van der Waals surface area contributed by atoms with Crippen LogP contribution in [0.15, 0.2) is 18.2 Å². The second kappa shape index (κ2) is 6.95. The van der Waals surface area contributed by atoms with Gasteiger partial charge in [0.05, 0.1) is 16.6 Å². The molecule has 1 unspecified atom stereocenters. The number of nitrogens with zero attached hydrogens (tertiary/aromatic N) is 1. The van der Waals surface area contributed by atoms with E-state index in [2.05, 4.69) is 27.9 Å². The van der Waals surface area contributed by atoms with Crippen LogP contribution in [0.25, 0.3) is 0 Å². The van der Waals surface area contributed by atoms with Crippen LogP contribution in [0.5, 0.6) is 0 Å². The fraction of sp³-hybridized carbons (Fsp3) is 0.333. The van der Waals surface area contributed by atoms with Gasteiger partial charge < -0.3 is 15.3 Å². The normalized spacial score (nSPS) is 11.8. The van der Waals surface area contributed by atoms with E-state index < -0.39 is 17.9 Å². The minimum absolute atomic E-state index is 0.128. The molecule has 0 aliphatic heterocycles. The number of amides is 2. The lowest BCUT2D eigenvalue weighted by atomic mass is 10.2. The topological polar surface area (TPSA) is 69.6 Å². The van der Waals surface area contributed by atoms with Gasteiger partial charge in [-0.15, -0.1) is 0 Å². The Morgan fingerprint density at radius 1 is 1.53 bits per heavy atom. The number of carboxylic acid groups (broad SMARTS) is 1. The molecule has 2 amide bonds. The largest absolute Gasteiger partial charge is 0.481 e. The van der Waals surface area contributed by atoms with Gasteiger partial charge in [0.25, 0.3) is 0 Å². The molecular formula is C12H14ClIN2O3. The summed E-state index contributed by atoms with van der Waals surface area (Å²) >= 11 is 8.12.